The molecular formula is C25H25ClN4O2. The zero-order valence-electron chi connectivity index (χ0n) is 17.6. The van der Waals surface area contributed by atoms with Gasteiger partial charge in [-0.15, -0.1) is 0 Å². The van der Waals surface area contributed by atoms with Crippen molar-refractivity contribution in [2.24, 2.45) is 0 Å². The predicted octanol–water partition coefficient (Wildman–Crippen LogP) is 4.84. The summed E-state index contributed by atoms with van der Waals surface area (Å²) in [5.41, 5.74) is 1.84. The molecule has 32 heavy (non-hydrogen) atoms. The molecule has 1 aliphatic rings. The lowest BCUT2D eigenvalue weighted by Crippen LogP contribution is -2.31. The maximum absolute atomic E-state index is 12.8. The number of pyridine rings is 1. The largest absolute Gasteiger partial charge is 0.357 e. The lowest BCUT2D eigenvalue weighted by molar-refractivity contribution is -0.116. The highest BCUT2D eigenvalue weighted by molar-refractivity contribution is 6.33. The number of anilines is 2. The van der Waals surface area contributed by atoms with Crippen LogP contribution in [0.15, 0.2) is 72.9 Å². The first-order valence-corrected chi connectivity index (χ1v) is 11.1. The average Bonchev–Trinajstić information content (AvgIpc) is 3.35. The number of hydrogen-bond donors (Lipinski definition) is 2. The summed E-state index contributed by atoms with van der Waals surface area (Å²) in [7, 11) is 0. The van der Waals surface area contributed by atoms with Gasteiger partial charge in [0.15, 0.2) is 0 Å². The third-order valence-corrected chi connectivity index (χ3v) is 5.81. The Morgan fingerprint density at radius 1 is 0.969 bits per heavy atom. The van der Waals surface area contributed by atoms with E-state index in [0.717, 1.165) is 24.5 Å². The topological polar surface area (TPSA) is 74.3 Å². The van der Waals surface area contributed by atoms with Crippen LogP contribution >= 0.6 is 11.6 Å². The van der Waals surface area contributed by atoms with Gasteiger partial charge in [0, 0.05) is 13.1 Å². The summed E-state index contributed by atoms with van der Waals surface area (Å²) in [5.74, 6) is 0.387. The molecule has 3 aromatic rings. The van der Waals surface area contributed by atoms with E-state index in [0.29, 0.717) is 16.3 Å². The number of benzene rings is 2. The van der Waals surface area contributed by atoms with Gasteiger partial charge in [-0.25, -0.2) is 4.98 Å². The number of nitrogens with one attached hydrogen (secondary N) is 2. The zero-order chi connectivity index (χ0) is 22.3. The Hall–Kier alpha value is -3.38. The van der Waals surface area contributed by atoms with Crippen molar-refractivity contribution in [2.45, 2.75) is 25.3 Å². The van der Waals surface area contributed by atoms with Crippen LogP contribution in [0.25, 0.3) is 0 Å². The second-order valence-electron chi connectivity index (χ2n) is 7.77. The van der Waals surface area contributed by atoms with Gasteiger partial charge in [0.1, 0.15) is 5.82 Å². The average molecular weight is 449 g/mol. The van der Waals surface area contributed by atoms with Crippen molar-refractivity contribution in [3.05, 3.63) is 89.1 Å². The lowest BCUT2D eigenvalue weighted by atomic mass is 10.0. The normalized spacial score (nSPS) is 14.1. The van der Waals surface area contributed by atoms with Crippen molar-refractivity contribution in [1.29, 1.82) is 0 Å². The number of aromatic nitrogens is 1. The van der Waals surface area contributed by atoms with Crippen molar-refractivity contribution in [3.8, 4) is 0 Å². The van der Waals surface area contributed by atoms with E-state index in [9.17, 15) is 9.59 Å². The van der Waals surface area contributed by atoms with Crippen LogP contribution in [-0.2, 0) is 4.79 Å². The molecule has 0 bridgehead atoms. The number of nitrogens with zero attached hydrogens (tertiary/aromatic N) is 2. The Morgan fingerprint density at radius 3 is 2.38 bits per heavy atom. The summed E-state index contributed by atoms with van der Waals surface area (Å²) in [6.07, 6.45) is 4.11. The van der Waals surface area contributed by atoms with Gasteiger partial charge in [0.2, 0.25) is 5.91 Å². The molecule has 6 nitrogen and oxygen atoms in total. The fourth-order valence-electron chi connectivity index (χ4n) is 3.81. The Kier molecular flexibility index (Phi) is 7.02. The molecule has 1 fully saturated rings. The monoisotopic (exact) mass is 448 g/mol. The smallest absolute Gasteiger partial charge is 0.253 e. The second-order valence-corrected chi connectivity index (χ2v) is 8.18. The van der Waals surface area contributed by atoms with Crippen LogP contribution in [0.1, 0.15) is 41.2 Å². The van der Waals surface area contributed by atoms with Gasteiger partial charge in [-0.2, -0.15) is 0 Å². The summed E-state index contributed by atoms with van der Waals surface area (Å²) in [6, 6.07) is 19.6. The SMILES string of the molecule is O=C(CC(NC(=O)c1ccccc1Cl)c1ccccc1)Nc1ccc(N2CCCC2)nc1. The molecule has 1 atom stereocenters. The molecule has 2 heterocycles. The molecule has 0 radical (unpaired) electrons. The lowest BCUT2D eigenvalue weighted by Gasteiger charge is -2.20. The molecule has 2 amide bonds. The number of carbonyl (C=O) groups excluding carboxylic acids is 2. The first-order valence-electron chi connectivity index (χ1n) is 10.7. The zero-order valence-corrected chi connectivity index (χ0v) is 18.4. The van der Waals surface area contributed by atoms with Crippen LogP contribution < -0.4 is 15.5 Å². The number of carbonyl (C=O) groups is 2. The molecule has 0 spiro atoms. The number of amides is 2. The predicted molar refractivity (Wildman–Crippen MR) is 127 cm³/mol. The van der Waals surface area contributed by atoms with E-state index in [4.69, 9.17) is 11.6 Å². The molecule has 1 saturated heterocycles. The van der Waals surface area contributed by atoms with E-state index in [2.05, 4.69) is 20.5 Å². The van der Waals surface area contributed by atoms with E-state index >= 15 is 0 Å². The molecule has 1 unspecified atom stereocenters. The van der Waals surface area contributed by atoms with Crippen molar-refractivity contribution in [3.63, 3.8) is 0 Å². The van der Waals surface area contributed by atoms with Crippen molar-refractivity contribution in [1.82, 2.24) is 10.3 Å². The molecule has 0 saturated carbocycles. The van der Waals surface area contributed by atoms with Gasteiger partial charge in [-0.3, -0.25) is 9.59 Å². The van der Waals surface area contributed by atoms with Crippen LogP contribution in [0.5, 0.6) is 0 Å². The van der Waals surface area contributed by atoms with Crippen LogP contribution in [0.3, 0.4) is 0 Å². The van der Waals surface area contributed by atoms with Crippen molar-refractivity contribution in [2.75, 3.05) is 23.3 Å². The first kappa shape index (κ1) is 21.8. The first-order chi connectivity index (χ1) is 15.6. The van der Waals surface area contributed by atoms with Crippen molar-refractivity contribution >= 4 is 34.9 Å². The molecule has 1 aliphatic heterocycles. The highest BCUT2D eigenvalue weighted by Crippen LogP contribution is 2.22. The highest BCUT2D eigenvalue weighted by atomic mass is 35.5. The van der Waals surface area contributed by atoms with Gasteiger partial charge < -0.3 is 15.5 Å². The van der Waals surface area contributed by atoms with E-state index in [-0.39, 0.29) is 18.2 Å². The Labute approximate surface area is 192 Å². The molecule has 4 rings (SSSR count). The fraction of sp³-hybridized carbons (Fsp3) is 0.240. The fourth-order valence-corrected chi connectivity index (χ4v) is 4.03. The summed E-state index contributed by atoms with van der Waals surface area (Å²) in [4.78, 5) is 32.3. The summed E-state index contributed by atoms with van der Waals surface area (Å²) in [6.45, 7) is 2.03. The molecule has 1 aromatic heterocycles. The molecule has 7 heteroatoms. The summed E-state index contributed by atoms with van der Waals surface area (Å²) >= 11 is 6.17. The summed E-state index contributed by atoms with van der Waals surface area (Å²) < 4.78 is 0. The van der Waals surface area contributed by atoms with E-state index in [1.807, 2.05) is 42.5 Å². The van der Waals surface area contributed by atoms with Gasteiger partial charge >= 0.3 is 0 Å². The van der Waals surface area contributed by atoms with Crippen LogP contribution in [0.2, 0.25) is 5.02 Å². The Balaban J connectivity index is 1.44. The third kappa shape index (κ3) is 5.45. The number of rotatable bonds is 7. The Morgan fingerprint density at radius 2 is 1.69 bits per heavy atom. The van der Waals surface area contributed by atoms with E-state index < -0.39 is 6.04 Å². The molecule has 2 N–H and O–H groups in total. The third-order valence-electron chi connectivity index (χ3n) is 5.48. The van der Waals surface area contributed by atoms with Crippen LogP contribution in [0, 0.1) is 0 Å². The second kappa shape index (κ2) is 10.3. The minimum absolute atomic E-state index is 0.0775. The maximum Gasteiger partial charge on any atom is 0.253 e. The van der Waals surface area contributed by atoms with Gasteiger partial charge in [-0.1, -0.05) is 54.1 Å². The van der Waals surface area contributed by atoms with E-state index in [1.54, 1.807) is 30.5 Å². The van der Waals surface area contributed by atoms with Gasteiger partial charge in [0.25, 0.3) is 5.91 Å². The standard InChI is InChI=1S/C25H25ClN4O2/c26-21-11-5-4-10-20(21)25(32)29-22(18-8-2-1-3-9-18)16-24(31)28-19-12-13-23(27-17-19)30-14-6-7-15-30/h1-5,8-13,17,22H,6-7,14-16H2,(H,28,31)(H,29,32). The summed E-state index contributed by atoms with van der Waals surface area (Å²) in [5, 5.41) is 6.20. The molecular weight excluding hydrogens is 424 g/mol. The molecule has 164 valence electrons. The van der Waals surface area contributed by atoms with Crippen LogP contribution in [0.4, 0.5) is 11.5 Å². The van der Waals surface area contributed by atoms with Crippen molar-refractivity contribution < 1.29 is 9.59 Å². The number of halogens is 1. The van der Waals surface area contributed by atoms with E-state index in [1.165, 1.54) is 12.8 Å². The number of hydrogen-bond acceptors (Lipinski definition) is 4. The Bertz CT molecular complexity index is 1070. The molecule has 2 aromatic carbocycles. The minimum atomic E-state index is -0.503. The maximum atomic E-state index is 12.8. The minimum Gasteiger partial charge on any atom is -0.357 e. The molecule has 0 aliphatic carbocycles. The van der Waals surface area contributed by atoms with Gasteiger partial charge in [0.05, 0.1) is 34.9 Å². The van der Waals surface area contributed by atoms with Gasteiger partial charge in [-0.05, 0) is 42.7 Å². The highest BCUT2D eigenvalue weighted by Gasteiger charge is 2.21. The quantitative estimate of drug-likeness (QED) is 0.542. The van der Waals surface area contributed by atoms with Crippen LogP contribution in [-0.4, -0.2) is 29.9 Å².